The first-order valence-electron chi connectivity index (χ1n) is 6.12. The van der Waals surface area contributed by atoms with Crippen LogP contribution in [0.15, 0.2) is 40.9 Å². The van der Waals surface area contributed by atoms with Crippen LogP contribution in [0.4, 0.5) is 0 Å². The molecule has 0 bridgehead atoms. The summed E-state index contributed by atoms with van der Waals surface area (Å²) in [6, 6.07) is 11.6. The molecule has 0 amide bonds. The molecule has 0 radical (unpaired) electrons. The van der Waals surface area contributed by atoms with Crippen LogP contribution < -0.4 is 16.0 Å². The first kappa shape index (κ1) is 15.3. The number of rotatable bonds is 4. The smallest absolute Gasteiger partial charge is 0.137 e. The summed E-state index contributed by atoms with van der Waals surface area (Å²) in [6.07, 6.45) is 0. The van der Waals surface area contributed by atoms with E-state index in [-0.39, 0.29) is 6.04 Å². The topological polar surface area (TPSA) is 47.3 Å². The average Bonchev–Trinajstić information content (AvgIpc) is 2.45. The Bertz CT molecular complexity index is 619. The van der Waals surface area contributed by atoms with Crippen LogP contribution in [0.3, 0.4) is 0 Å². The van der Waals surface area contributed by atoms with Gasteiger partial charge in [-0.1, -0.05) is 39.7 Å². The fraction of sp³-hybridized carbons (Fsp3) is 0.200. The van der Waals surface area contributed by atoms with Crippen molar-refractivity contribution in [2.24, 2.45) is 5.84 Å². The van der Waals surface area contributed by atoms with E-state index in [2.05, 4.69) is 40.4 Å². The maximum absolute atomic E-state index is 6.06. The van der Waals surface area contributed by atoms with Gasteiger partial charge in [0.2, 0.25) is 0 Å². The summed E-state index contributed by atoms with van der Waals surface area (Å²) < 4.78 is 6.27. The summed E-state index contributed by atoms with van der Waals surface area (Å²) >= 11 is 9.55. The average molecular weight is 356 g/mol. The van der Waals surface area contributed by atoms with Crippen molar-refractivity contribution in [1.82, 2.24) is 5.43 Å². The number of halogens is 2. The molecule has 0 fully saturated rings. The number of hydrazine groups is 1. The zero-order chi connectivity index (χ0) is 14.7. The molecule has 20 heavy (non-hydrogen) atoms. The van der Waals surface area contributed by atoms with Crippen LogP contribution in [0.1, 0.15) is 22.7 Å². The third kappa shape index (κ3) is 3.15. The Kier molecular flexibility index (Phi) is 5.05. The Morgan fingerprint density at radius 3 is 2.65 bits per heavy atom. The third-order valence-electron chi connectivity index (χ3n) is 3.23. The monoisotopic (exact) mass is 354 g/mol. The molecule has 0 aromatic heterocycles. The lowest BCUT2D eigenvalue weighted by atomic mass is 9.95. The lowest BCUT2D eigenvalue weighted by molar-refractivity contribution is 0.414. The van der Waals surface area contributed by atoms with Crippen LogP contribution in [0.5, 0.6) is 5.75 Å². The Hall–Kier alpha value is -1.07. The molecule has 1 atom stereocenters. The maximum Gasteiger partial charge on any atom is 0.137 e. The van der Waals surface area contributed by atoms with Gasteiger partial charge in [-0.25, -0.2) is 5.43 Å². The van der Waals surface area contributed by atoms with Crippen LogP contribution in [0.2, 0.25) is 5.02 Å². The van der Waals surface area contributed by atoms with Crippen LogP contribution in [0.25, 0.3) is 0 Å². The molecule has 0 spiro atoms. The second-order valence-corrected chi connectivity index (χ2v) is 5.82. The maximum atomic E-state index is 6.06. The van der Waals surface area contributed by atoms with Gasteiger partial charge in [-0.15, -0.1) is 0 Å². The summed E-state index contributed by atoms with van der Waals surface area (Å²) in [5.74, 6) is 6.38. The van der Waals surface area contributed by atoms with Crippen molar-refractivity contribution in [2.75, 3.05) is 7.11 Å². The van der Waals surface area contributed by atoms with Gasteiger partial charge in [0, 0.05) is 4.47 Å². The molecule has 0 saturated carbocycles. The number of ether oxygens (including phenoxy) is 1. The molecule has 5 heteroatoms. The highest BCUT2D eigenvalue weighted by Gasteiger charge is 2.16. The van der Waals surface area contributed by atoms with Crippen LogP contribution >= 0.6 is 27.5 Å². The van der Waals surface area contributed by atoms with Gasteiger partial charge in [0.1, 0.15) is 5.75 Å². The van der Waals surface area contributed by atoms with Gasteiger partial charge in [0.25, 0.3) is 0 Å². The van der Waals surface area contributed by atoms with E-state index in [1.807, 2.05) is 24.3 Å². The Labute approximate surface area is 132 Å². The van der Waals surface area contributed by atoms with Gasteiger partial charge < -0.3 is 4.74 Å². The van der Waals surface area contributed by atoms with Crippen molar-refractivity contribution in [1.29, 1.82) is 0 Å². The van der Waals surface area contributed by atoms with Gasteiger partial charge in [-0.3, -0.25) is 5.84 Å². The quantitative estimate of drug-likeness (QED) is 0.644. The summed E-state index contributed by atoms with van der Waals surface area (Å²) in [7, 11) is 1.60. The highest BCUT2D eigenvalue weighted by Crippen LogP contribution is 2.32. The fourth-order valence-electron chi connectivity index (χ4n) is 2.14. The Morgan fingerprint density at radius 1 is 1.25 bits per heavy atom. The largest absolute Gasteiger partial charge is 0.495 e. The standard InChI is InChI=1S/C15H16BrClN2O/c1-9-3-5-11(16)8-12(9)15(19-18)10-4-6-13(17)14(7-10)20-2/h3-8,15,19H,18H2,1-2H3. The third-order valence-corrected chi connectivity index (χ3v) is 4.03. The van der Waals surface area contributed by atoms with Gasteiger partial charge >= 0.3 is 0 Å². The van der Waals surface area contributed by atoms with Crippen LogP contribution in [0, 0.1) is 6.92 Å². The number of hydrogen-bond donors (Lipinski definition) is 2. The second kappa shape index (κ2) is 6.59. The number of aryl methyl sites for hydroxylation is 1. The van der Waals surface area contributed by atoms with Gasteiger partial charge in [-0.05, 0) is 47.9 Å². The summed E-state index contributed by atoms with van der Waals surface area (Å²) in [5, 5.41) is 0.581. The van der Waals surface area contributed by atoms with E-state index in [1.165, 1.54) is 0 Å². The van der Waals surface area contributed by atoms with Crippen molar-refractivity contribution in [2.45, 2.75) is 13.0 Å². The van der Waals surface area contributed by atoms with Gasteiger partial charge in [0.05, 0.1) is 18.2 Å². The molecule has 2 aromatic carbocycles. The van der Waals surface area contributed by atoms with E-state index < -0.39 is 0 Å². The highest BCUT2D eigenvalue weighted by molar-refractivity contribution is 9.10. The fourth-order valence-corrected chi connectivity index (χ4v) is 2.72. The van der Waals surface area contributed by atoms with E-state index in [4.69, 9.17) is 22.2 Å². The van der Waals surface area contributed by atoms with Crippen molar-refractivity contribution < 1.29 is 4.74 Å². The molecule has 3 nitrogen and oxygen atoms in total. The minimum absolute atomic E-state index is 0.126. The number of benzene rings is 2. The number of hydrogen-bond acceptors (Lipinski definition) is 3. The molecule has 106 valence electrons. The number of nitrogens with one attached hydrogen (secondary N) is 1. The number of methoxy groups -OCH3 is 1. The van der Waals surface area contributed by atoms with E-state index >= 15 is 0 Å². The number of nitrogens with two attached hydrogens (primary N) is 1. The molecule has 2 rings (SSSR count). The lowest BCUT2D eigenvalue weighted by Gasteiger charge is -2.20. The van der Waals surface area contributed by atoms with E-state index in [0.29, 0.717) is 10.8 Å². The molecular weight excluding hydrogens is 340 g/mol. The Balaban J connectivity index is 2.49. The zero-order valence-electron chi connectivity index (χ0n) is 11.3. The SMILES string of the molecule is COc1cc(C(NN)c2cc(Br)ccc2C)ccc1Cl. The van der Waals surface area contributed by atoms with E-state index in [0.717, 1.165) is 21.2 Å². The minimum atomic E-state index is -0.126. The molecule has 0 heterocycles. The van der Waals surface area contributed by atoms with Crippen molar-refractivity contribution in [3.8, 4) is 5.75 Å². The van der Waals surface area contributed by atoms with Crippen molar-refractivity contribution >= 4 is 27.5 Å². The molecule has 3 N–H and O–H groups in total. The van der Waals surface area contributed by atoms with Gasteiger partial charge in [0.15, 0.2) is 0 Å². The molecule has 1 unspecified atom stereocenters. The molecule has 0 aliphatic carbocycles. The van der Waals surface area contributed by atoms with E-state index in [9.17, 15) is 0 Å². The minimum Gasteiger partial charge on any atom is -0.495 e. The predicted molar refractivity (Wildman–Crippen MR) is 86.0 cm³/mol. The van der Waals surface area contributed by atoms with Crippen LogP contribution in [-0.4, -0.2) is 7.11 Å². The molecule has 2 aromatic rings. The predicted octanol–water partition coefficient (Wildman–Crippen LogP) is 3.97. The molecule has 0 aliphatic heterocycles. The van der Waals surface area contributed by atoms with Crippen molar-refractivity contribution in [3.05, 3.63) is 62.6 Å². The first-order chi connectivity index (χ1) is 9.56. The van der Waals surface area contributed by atoms with Crippen molar-refractivity contribution in [3.63, 3.8) is 0 Å². The molecule has 0 saturated heterocycles. The Morgan fingerprint density at radius 2 is 2.00 bits per heavy atom. The normalized spacial score (nSPS) is 12.2. The summed E-state index contributed by atoms with van der Waals surface area (Å²) in [4.78, 5) is 0. The zero-order valence-corrected chi connectivity index (χ0v) is 13.6. The highest BCUT2D eigenvalue weighted by atomic mass is 79.9. The summed E-state index contributed by atoms with van der Waals surface area (Å²) in [6.45, 7) is 2.05. The van der Waals surface area contributed by atoms with Crippen LogP contribution in [-0.2, 0) is 0 Å². The molecule has 0 aliphatic rings. The molecular formula is C15H16BrClN2O. The van der Waals surface area contributed by atoms with Gasteiger partial charge in [-0.2, -0.15) is 0 Å². The van der Waals surface area contributed by atoms with E-state index in [1.54, 1.807) is 7.11 Å². The second-order valence-electron chi connectivity index (χ2n) is 4.49. The summed E-state index contributed by atoms with van der Waals surface area (Å²) in [5.41, 5.74) is 6.11. The first-order valence-corrected chi connectivity index (χ1v) is 7.29. The lowest BCUT2D eigenvalue weighted by Crippen LogP contribution is -2.29.